The van der Waals surface area contributed by atoms with E-state index in [2.05, 4.69) is 26.3 Å². The number of thiophene rings is 1. The van der Waals surface area contributed by atoms with E-state index < -0.39 is 0 Å². The number of aromatic nitrogens is 2. The van der Waals surface area contributed by atoms with E-state index in [0.29, 0.717) is 23.2 Å². The van der Waals surface area contributed by atoms with E-state index in [1.807, 2.05) is 13.0 Å². The summed E-state index contributed by atoms with van der Waals surface area (Å²) in [5.41, 5.74) is 4.19. The zero-order chi connectivity index (χ0) is 18.3. The lowest BCUT2D eigenvalue weighted by Crippen LogP contribution is -2.36. The first-order chi connectivity index (χ1) is 12.6. The highest BCUT2D eigenvalue weighted by Crippen LogP contribution is 2.33. The smallest absolute Gasteiger partial charge is 0.267 e. The van der Waals surface area contributed by atoms with Gasteiger partial charge in [-0.2, -0.15) is 0 Å². The molecule has 5 nitrogen and oxygen atoms in total. The van der Waals surface area contributed by atoms with E-state index in [1.54, 1.807) is 29.5 Å². The van der Waals surface area contributed by atoms with E-state index in [4.69, 9.17) is 0 Å². The van der Waals surface area contributed by atoms with Crippen LogP contribution in [0, 0.1) is 0 Å². The zero-order valence-corrected chi connectivity index (χ0v) is 16.7. The van der Waals surface area contributed by atoms with E-state index in [9.17, 15) is 9.59 Å². The standard InChI is InChI=1S/C19H18BrN3O2S/c1-2-15-21-18-16(13-8-3-4-9-14(13)26-18)19(25)23(15)22-17(24)11-6-5-7-12(20)10-11/h5-7,10H,2-4,8-9H2,1H3,(H,22,24). The van der Waals surface area contributed by atoms with Gasteiger partial charge in [0.1, 0.15) is 10.7 Å². The number of nitrogens with zero attached hydrogens (tertiary/aromatic N) is 2. The van der Waals surface area contributed by atoms with Crippen LogP contribution in [0.3, 0.4) is 0 Å². The van der Waals surface area contributed by atoms with Crippen molar-refractivity contribution in [1.29, 1.82) is 0 Å². The number of benzene rings is 1. The number of hydrogen-bond donors (Lipinski definition) is 1. The number of amides is 1. The van der Waals surface area contributed by atoms with Crippen molar-refractivity contribution in [3.05, 3.63) is 60.9 Å². The van der Waals surface area contributed by atoms with Gasteiger partial charge in [0.05, 0.1) is 5.39 Å². The molecule has 1 amide bonds. The number of rotatable bonds is 3. The Morgan fingerprint density at radius 1 is 1.35 bits per heavy atom. The quantitative estimate of drug-likeness (QED) is 0.680. The van der Waals surface area contributed by atoms with Crippen LogP contribution in [0.15, 0.2) is 33.5 Å². The topological polar surface area (TPSA) is 64.0 Å². The summed E-state index contributed by atoms with van der Waals surface area (Å²) in [5, 5.41) is 0.677. The number of carbonyl (C=O) groups is 1. The molecule has 134 valence electrons. The van der Waals surface area contributed by atoms with Gasteiger partial charge >= 0.3 is 0 Å². The molecule has 3 aromatic rings. The van der Waals surface area contributed by atoms with Gasteiger partial charge in [0.25, 0.3) is 11.5 Å². The number of halogens is 1. The monoisotopic (exact) mass is 431 g/mol. The van der Waals surface area contributed by atoms with E-state index in [0.717, 1.165) is 40.5 Å². The predicted molar refractivity (Wildman–Crippen MR) is 108 cm³/mol. The molecule has 0 fully saturated rings. The largest absolute Gasteiger partial charge is 0.281 e. The first-order valence-corrected chi connectivity index (χ1v) is 10.3. The van der Waals surface area contributed by atoms with Crippen LogP contribution in [-0.2, 0) is 19.3 Å². The van der Waals surface area contributed by atoms with Crippen molar-refractivity contribution in [1.82, 2.24) is 9.66 Å². The Labute approximate surface area is 163 Å². The van der Waals surface area contributed by atoms with Crippen molar-refractivity contribution < 1.29 is 4.79 Å². The van der Waals surface area contributed by atoms with Crippen LogP contribution >= 0.6 is 27.3 Å². The summed E-state index contributed by atoms with van der Waals surface area (Å²) in [5.74, 6) is 0.248. The second-order valence-electron chi connectivity index (χ2n) is 6.36. The van der Waals surface area contributed by atoms with Crippen molar-refractivity contribution in [2.75, 3.05) is 5.43 Å². The molecule has 26 heavy (non-hydrogen) atoms. The predicted octanol–water partition coefficient (Wildman–Crippen LogP) is 4.05. The van der Waals surface area contributed by atoms with Gasteiger partial charge in [0.15, 0.2) is 0 Å². The second kappa shape index (κ2) is 6.96. The average Bonchev–Trinajstić information content (AvgIpc) is 3.02. The molecular formula is C19H18BrN3O2S. The summed E-state index contributed by atoms with van der Waals surface area (Å²) in [6, 6.07) is 7.09. The maximum atomic E-state index is 13.2. The van der Waals surface area contributed by atoms with Crippen LogP contribution in [0.5, 0.6) is 0 Å². The van der Waals surface area contributed by atoms with Gasteiger partial charge in [-0.25, -0.2) is 9.66 Å². The van der Waals surface area contributed by atoms with E-state index in [1.165, 1.54) is 9.55 Å². The minimum atomic E-state index is -0.326. The van der Waals surface area contributed by atoms with Crippen LogP contribution in [-0.4, -0.2) is 15.6 Å². The first kappa shape index (κ1) is 17.4. The highest BCUT2D eigenvalue weighted by molar-refractivity contribution is 9.10. The van der Waals surface area contributed by atoms with Crippen molar-refractivity contribution in [3.63, 3.8) is 0 Å². The van der Waals surface area contributed by atoms with Crippen LogP contribution < -0.4 is 11.0 Å². The fourth-order valence-corrected chi connectivity index (χ4v) is 5.07. The number of hydrogen-bond acceptors (Lipinski definition) is 4. The lowest BCUT2D eigenvalue weighted by atomic mass is 9.97. The van der Waals surface area contributed by atoms with Crippen molar-refractivity contribution in [3.8, 4) is 0 Å². The van der Waals surface area contributed by atoms with Crippen LogP contribution in [0.1, 0.15) is 46.4 Å². The van der Waals surface area contributed by atoms with Crippen LogP contribution in [0.2, 0.25) is 0 Å². The third kappa shape index (κ3) is 2.99. The minimum absolute atomic E-state index is 0.172. The van der Waals surface area contributed by atoms with Crippen LogP contribution in [0.25, 0.3) is 10.2 Å². The summed E-state index contributed by atoms with van der Waals surface area (Å²) in [6.45, 7) is 1.93. The molecule has 1 aliphatic carbocycles. The Morgan fingerprint density at radius 2 is 2.15 bits per heavy atom. The molecule has 0 unspecified atom stereocenters. The molecule has 1 aromatic carbocycles. The Kier molecular flexibility index (Phi) is 4.67. The summed E-state index contributed by atoms with van der Waals surface area (Å²) < 4.78 is 2.14. The molecule has 0 radical (unpaired) electrons. The number of nitrogens with one attached hydrogen (secondary N) is 1. The molecule has 0 atom stereocenters. The van der Waals surface area contributed by atoms with Crippen molar-refractivity contribution in [2.24, 2.45) is 0 Å². The molecule has 2 heterocycles. The van der Waals surface area contributed by atoms with Gasteiger partial charge in [-0.05, 0) is 49.4 Å². The molecule has 4 rings (SSSR count). The van der Waals surface area contributed by atoms with Gasteiger partial charge in [-0.3, -0.25) is 15.0 Å². The Hall–Kier alpha value is -1.99. The van der Waals surface area contributed by atoms with Crippen molar-refractivity contribution >= 4 is 43.4 Å². The minimum Gasteiger partial charge on any atom is -0.267 e. The zero-order valence-electron chi connectivity index (χ0n) is 14.3. The average molecular weight is 432 g/mol. The summed E-state index contributed by atoms with van der Waals surface area (Å²) in [6.07, 6.45) is 4.75. The lowest BCUT2D eigenvalue weighted by Gasteiger charge is -2.14. The molecule has 2 aromatic heterocycles. The molecule has 0 bridgehead atoms. The first-order valence-electron chi connectivity index (χ1n) is 8.71. The third-order valence-corrected chi connectivity index (χ3v) is 6.35. The Bertz CT molecular complexity index is 1070. The number of carbonyl (C=O) groups excluding carboxylic acids is 1. The highest BCUT2D eigenvalue weighted by Gasteiger charge is 2.22. The fraction of sp³-hybridized carbons (Fsp3) is 0.316. The van der Waals surface area contributed by atoms with Gasteiger partial charge in [0, 0.05) is 21.3 Å². The summed E-state index contributed by atoms with van der Waals surface area (Å²) in [4.78, 5) is 32.6. The maximum absolute atomic E-state index is 13.2. The SMILES string of the molecule is CCc1nc2sc3c(c2c(=O)n1NC(=O)c1cccc(Br)c1)CCCC3. The molecule has 0 saturated heterocycles. The van der Waals surface area contributed by atoms with Gasteiger partial charge in [-0.1, -0.05) is 28.9 Å². The molecule has 1 aliphatic rings. The Morgan fingerprint density at radius 3 is 2.92 bits per heavy atom. The molecule has 7 heteroatoms. The molecule has 1 N–H and O–H groups in total. The van der Waals surface area contributed by atoms with Crippen molar-refractivity contribution in [2.45, 2.75) is 39.0 Å². The molecule has 0 saturated carbocycles. The molecule has 0 spiro atoms. The Balaban J connectivity index is 1.82. The lowest BCUT2D eigenvalue weighted by molar-refractivity contribution is 0.101. The van der Waals surface area contributed by atoms with Gasteiger partial charge in [-0.15, -0.1) is 11.3 Å². The highest BCUT2D eigenvalue weighted by atomic mass is 79.9. The molecular weight excluding hydrogens is 414 g/mol. The van der Waals surface area contributed by atoms with Gasteiger partial charge in [0.2, 0.25) is 0 Å². The summed E-state index contributed by atoms with van der Waals surface area (Å²) in [7, 11) is 0. The normalized spacial score (nSPS) is 13.6. The molecule has 0 aliphatic heterocycles. The number of fused-ring (bicyclic) bond motifs is 3. The third-order valence-electron chi connectivity index (χ3n) is 4.67. The fourth-order valence-electron chi connectivity index (χ4n) is 3.40. The number of aryl methyl sites for hydroxylation is 3. The van der Waals surface area contributed by atoms with Crippen LogP contribution in [0.4, 0.5) is 0 Å². The van der Waals surface area contributed by atoms with E-state index >= 15 is 0 Å². The van der Waals surface area contributed by atoms with E-state index in [-0.39, 0.29) is 11.5 Å². The summed E-state index contributed by atoms with van der Waals surface area (Å²) >= 11 is 4.99. The van der Waals surface area contributed by atoms with Gasteiger partial charge < -0.3 is 0 Å². The second-order valence-corrected chi connectivity index (χ2v) is 8.36. The maximum Gasteiger partial charge on any atom is 0.281 e.